The lowest BCUT2D eigenvalue weighted by atomic mass is 10.1. The van der Waals surface area contributed by atoms with E-state index in [-0.39, 0.29) is 12.1 Å². The highest BCUT2D eigenvalue weighted by molar-refractivity contribution is 5.94. The number of rotatable bonds is 5. The molecule has 228 valence electrons. The van der Waals surface area contributed by atoms with Crippen LogP contribution in [0.25, 0.3) is 21.9 Å². The summed E-state index contributed by atoms with van der Waals surface area (Å²) in [7, 11) is 1.95. The molecule has 0 unspecified atom stereocenters. The number of hydrogen-bond acceptors (Lipinski definition) is 8. The van der Waals surface area contributed by atoms with Gasteiger partial charge in [0, 0.05) is 44.5 Å². The highest BCUT2D eigenvalue weighted by Gasteiger charge is 2.32. The van der Waals surface area contributed by atoms with E-state index in [9.17, 15) is 4.79 Å². The summed E-state index contributed by atoms with van der Waals surface area (Å²) >= 11 is 0. The topological polar surface area (TPSA) is 97.6 Å². The van der Waals surface area contributed by atoms with Crippen molar-refractivity contribution in [2.45, 2.75) is 46.3 Å². The fourth-order valence-corrected chi connectivity index (χ4v) is 5.49. The van der Waals surface area contributed by atoms with Crippen LogP contribution in [0.4, 0.5) is 26.4 Å². The van der Waals surface area contributed by atoms with Crippen molar-refractivity contribution >= 4 is 45.2 Å². The lowest BCUT2D eigenvalue weighted by Crippen LogP contribution is -2.55. The van der Waals surface area contributed by atoms with Crippen molar-refractivity contribution in [3.8, 4) is 11.5 Å². The molecule has 6 rings (SSSR count). The Kier molecular flexibility index (Phi) is 7.48. The zero-order valence-electron chi connectivity index (χ0n) is 25.8. The number of carbonyl (C=O) groups excluding carboxylic acids is 1. The van der Waals surface area contributed by atoms with Gasteiger partial charge < -0.3 is 29.2 Å². The molecular weight excluding hydrogens is 561 g/mol. The molecule has 3 heterocycles. The maximum Gasteiger partial charge on any atom is 0.410 e. The second-order valence-corrected chi connectivity index (χ2v) is 12.2. The van der Waals surface area contributed by atoms with E-state index in [4.69, 9.17) is 9.47 Å². The average Bonchev–Trinajstić information content (AvgIpc) is 3.33. The number of hydrogen-bond donors (Lipinski definition) is 1. The summed E-state index contributed by atoms with van der Waals surface area (Å²) < 4.78 is 29.9. The number of ether oxygens (including phenoxy) is 2. The lowest BCUT2D eigenvalue weighted by Gasteiger charge is -2.41. The average molecular weight is 598 g/mol. The number of carbonyl (C=O) groups is 1. The molecule has 44 heavy (non-hydrogen) atoms. The van der Waals surface area contributed by atoms with Crippen molar-refractivity contribution in [2.75, 3.05) is 29.9 Å². The highest BCUT2D eigenvalue weighted by atomic mass is 19.1. The molecule has 0 saturated carbocycles. The standard InChI is InChI=1S/C33H36FN7O3/c1-20-15-22(7-12-28(20)43-23-8-10-26-25(16-23)37-19-39(26)6)38-31-29-24(35-18-36-31)9-11-27(30(29)34)40-13-14-41(21(2)17-40)32(42)44-33(3,4)5/h7-12,15-16,18-19,21H,13-14,17H2,1-6H3,(H,35,36,38)/t21-/m1/s1. The maximum absolute atomic E-state index is 16.2. The summed E-state index contributed by atoms with van der Waals surface area (Å²) in [5.74, 6) is 1.35. The second-order valence-electron chi connectivity index (χ2n) is 12.2. The Hall–Kier alpha value is -4.93. The monoisotopic (exact) mass is 597 g/mol. The maximum atomic E-state index is 16.2. The van der Waals surface area contributed by atoms with Gasteiger partial charge in [-0.1, -0.05) is 0 Å². The van der Waals surface area contributed by atoms with E-state index in [0.717, 1.165) is 22.3 Å². The Morgan fingerprint density at radius 2 is 1.84 bits per heavy atom. The van der Waals surface area contributed by atoms with Gasteiger partial charge in [-0.2, -0.15) is 0 Å². The fourth-order valence-electron chi connectivity index (χ4n) is 5.49. The number of aromatic nitrogens is 4. The SMILES string of the molecule is Cc1cc(Nc2ncnc3ccc(N4CCN(C(=O)OC(C)(C)C)[C@H](C)C4)c(F)c23)ccc1Oc1ccc2c(c1)ncn2C. The normalized spacial score (nSPS) is 15.6. The number of aryl methyl sites for hydroxylation is 2. The molecule has 1 fully saturated rings. The Bertz CT molecular complexity index is 1870. The zero-order chi connectivity index (χ0) is 31.2. The third-order valence-electron chi connectivity index (χ3n) is 7.68. The van der Waals surface area contributed by atoms with Gasteiger partial charge in [-0.25, -0.2) is 24.1 Å². The molecule has 2 aromatic heterocycles. The Morgan fingerprint density at radius 1 is 1.02 bits per heavy atom. The van der Waals surface area contributed by atoms with Crippen LogP contribution >= 0.6 is 0 Å². The molecule has 0 bridgehead atoms. The first-order valence-corrected chi connectivity index (χ1v) is 14.6. The minimum atomic E-state index is -0.581. The Morgan fingerprint density at radius 3 is 2.59 bits per heavy atom. The van der Waals surface area contributed by atoms with Gasteiger partial charge in [0.2, 0.25) is 0 Å². The van der Waals surface area contributed by atoms with Crippen LogP contribution in [0.2, 0.25) is 0 Å². The smallest absolute Gasteiger partial charge is 0.410 e. The van der Waals surface area contributed by atoms with E-state index >= 15 is 4.39 Å². The first-order valence-electron chi connectivity index (χ1n) is 14.6. The number of halogens is 1. The van der Waals surface area contributed by atoms with Crippen molar-refractivity contribution in [3.05, 3.63) is 72.6 Å². The Labute approximate surface area is 255 Å². The number of nitrogens with zero attached hydrogens (tertiary/aromatic N) is 6. The van der Waals surface area contributed by atoms with Crippen molar-refractivity contribution < 1.29 is 18.7 Å². The number of nitrogens with one attached hydrogen (secondary N) is 1. The first-order chi connectivity index (χ1) is 21.0. The second kappa shape index (κ2) is 11.3. The van der Waals surface area contributed by atoms with E-state index in [1.807, 2.05) is 87.5 Å². The molecule has 1 amide bonds. The van der Waals surface area contributed by atoms with E-state index in [1.165, 1.54) is 6.33 Å². The number of piperazine rings is 1. The van der Waals surface area contributed by atoms with Gasteiger partial charge in [-0.3, -0.25) is 0 Å². The van der Waals surface area contributed by atoms with Gasteiger partial charge in [0.15, 0.2) is 5.82 Å². The minimum absolute atomic E-state index is 0.159. The van der Waals surface area contributed by atoms with Crippen LogP contribution in [0.5, 0.6) is 11.5 Å². The van der Waals surface area contributed by atoms with Gasteiger partial charge in [0.1, 0.15) is 29.2 Å². The quantitative estimate of drug-likeness (QED) is 0.233. The summed E-state index contributed by atoms with van der Waals surface area (Å²) in [6, 6.07) is 14.9. The minimum Gasteiger partial charge on any atom is -0.457 e. The number of benzene rings is 3. The summed E-state index contributed by atoms with van der Waals surface area (Å²) in [4.78, 5) is 29.4. The molecule has 1 saturated heterocycles. The zero-order valence-corrected chi connectivity index (χ0v) is 25.8. The first kappa shape index (κ1) is 29.2. The van der Waals surface area contributed by atoms with E-state index in [2.05, 4.69) is 20.3 Å². The molecule has 1 aliphatic rings. The predicted octanol–water partition coefficient (Wildman–Crippen LogP) is 6.95. The molecule has 10 nitrogen and oxygen atoms in total. The van der Waals surface area contributed by atoms with Gasteiger partial charge in [-0.15, -0.1) is 0 Å². The summed E-state index contributed by atoms with van der Waals surface area (Å²) in [5.41, 5.74) is 3.87. The van der Waals surface area contributed by atoms with Gasteiger partial charge in [0.05, 0.1) is 34.0 Å². The van der Waals surface area contributed by atoms with Crippen LogP contribution in [0.1, 0.15) is 33.3 Å². The van der Waals surface area contributed by atoms with Crippen LogP contribution in [0, 0.1) is 12.7 Å². The molecule has 5 aromatic rings. The molecule has 3 aromatic carbocycles. The number of amides is 1. The van der Waals surface area contributed by atoms with Crippen molar-refractivity contribution in [2.24, 2.45) is 7.05 Å². The van der Waals surface area contributed by atoms with Crippen molar-refractivity contribution in [1.29, 1.82) is 0 Å². The summed E-state index contributed by atoms with van der Waals surface area (Å²) in [6.07, 6.45) is 2.84. The van der Waals surface area contributed by atoms with Crippen LogP contribution < -0.4 is 15.0 Å². The van der Waals surface area contributed by atoms with Crippen molar-refractivity contribution in [3.63, 3.8) is 0 Å². The largest absolute Gasteiger partial charge is 0.457 e. The van der Waals surface area contributed by atoms with Crippen LogP contribution in [0.3, 0.4) is 0 Å². The number of anilines is 3. The van der Waals surface area contributed by atoms with E-state index in [0.29, 0.717) is 53.5 Å². The highest BCUT2D eigenvalue weighted by Crippen LogP contribution is 2.34. The molecule has 11 heteroatoms. The molecule has 0 radical (unpaired) electrons. The third kappa shape index (κ3) is 5.82. The van der Waals surface area contributed by atoms with Crippen LogP contribution in [-0.4, -0.2) is 61.8 Å². The predicted molar refractivity (Wildman–Crippen MR) is 169 cm³/mol. The van der Waals surface area contributed by atoms with Gasteiger partial charge in [-0.05, 0) is 82.6 Å². The van der Waals surface area contributed by atoms with Gasteiger partial charge >= 0.3 is 6.09 Å². The fraction of sp³-hybridized carbons (Fsp3) is 0.333. The van der Waals surface area contributed by atoms with Crippen molar-refractivity contribution in [1.82, 2.24) is 24.4 Å². The van der Waals surface area contributed by atoms with E-state index in [1.54, 1.807) is 23.4 Å². The Balaban J connectivity index is 1.21. The number of imidazole rings is 1. The molecular formula is C33H36FN7O3. The molecule has 1 atom stereocenters. The van der Waals surface area contributed by atoms with E-state index < -0.39 is 11.4 Å². The summed E-state index contributed by atoms with van der Waals surface area (Å²) in [5, 5.41) is 3.58. The number of fused-ring (bicyclic) bond motifs is 2. The van der Waals surface area contributed by atoms with Crippen LogP contribution in [-0.2, 0) is 11.8 Å². The third-order valence-corrected chi connectivity index (χ3v) is 7.68. The lowest BCUT2D eigenvalue weighted by molar-refractivity contribution is 0.0159. The molecule has 0 aliphatic carbocycles. The summed E-state index contributed by atoms with van der Waals surface area (Å²) in [6.45, 7) is 10.8. The van der Waals surface area contributed by atoms with Gasteiger partial charge in [0.25, 0.3) is 0 Å². The molecule has 1 aliphatic heterocycles. The molecule has 0 spiro atoms. The van der Waals surface area contributed by atoms with Crippen LogP contribution in [0.15, 0.2) is 61.2 Å². The molecule has 1 N–H and O–H groups in total.